The summed E-state index contributed by atoms with van der Waals surface area (Å²) in [6.45, 7) is 7.62. The van der Waals surface area contributed by atoms with Crippen molar-refractivity contribution in [3.8, 4) is 0 Å². The second-order valence-electron chi connectivity index (χ2n) is 9.43. The topological polar surface area (TPSA) is 113 Å². The number of carbonyl (C=O) groups is 3. The normalized spacial score (nSPS) is 14.9. The Labute approximate surface area is 211 Å². The van der Waals surface area contributed by atoms with E-state index in [2.05, 4.69) is 26.1 Å². The molecule has 1 saturated carbocycles. The molecule has 9 heteroatoms. The predicted octanol–water partition coefficient (Wildman–Crippen LogP) is 3.87. The highest BCUT2D eigenvalue weighted by Crippen LogP contribution is 2.24. The van der Waals surface area contributed by atoms with Crippen LogP contribution >= 0.6 is 11.8 Å². The molecule has 3 amide bonds. The van der Waals surface area contributed by atoms with E-state index in [0.717, 1.165) is 54.2 Å². The van der Waals surface area contributed by atoms with Crippen molar-refractivity contribution in [2.24, 2.45) is 11.8 Å². The van der Waals surface area contributed by atoms with E-state index in [4.69, 9.17) is 0 Å². The second kappa shape index (κ2) is 12.7. The van der Waals surface area contributed by atoms with Gasteiger partial charge < -0.3 is 5.32 Å². The molecule has 1 fully saturated rings. The predicted molar refractivity (Wildman–Crippen MR) is 136 cm³/mol. The van der Waals surface area contributed by atoms with Crippen LogP contribution in [-0.2, 0) is 15.3 Å². The minimum atomic E-state index is -0.711. The Morgan fingerprint density at radius 3 is 2.20 bits per heavy atom. The van der Waals surface area contributed by atoms with Crippen LogP contribution in [0.15, 0.2) is 35.5 Å². The molecule has 0 radical (unpaired) electrons. The standard InChI is InChI=1S/C26H35N5O3S/c1-16(2)22(29-23(32)20-8-6-5-7-9-20)25(34)31-30-24(33)21-12-10-19(11-13-21)15-35-26-27-17(3)14-18(4)28-26/h10-14,16,20,22H,5-9,15H2,1-4H3,(H,29,32)(H,30,33)(H,31,34). The smallest absolute Gasteiger partial charge is 0.269 e. The Morgan fingerprint density at radius 1 is 0.971 bits per heavy atom. The molecule has 0 aliphatic heterocycles. The molecular formula is C26H35N5O3S. The number of aryl methyl sites for hydroxylation is 2. The average Bonchev–Trinajstić information content (AvgIpc) is 2.84. The summed E-state index contributed by atoms with van der Waals surface area (Å²) in [6.07, 6.45) is 4.97. The summed E-state index contributed by atoms with van der Waals surface area (Å²) in [5.41, 5.74) is 8.25. The van der Waals surface area contributed by atoms with Gasteiger partial charge >= 0.3 is 0 Å². The first-order chi connectivity index (χ1) is 16.7. The highest BCUT2D eigenvalue weighted by Gasteiger charge is 2.28. The van der Waals surface area contributed by atoms with Crippen molar-refractivity contribution in [3.63, 3.8) is 0 Å². The van der Waals surface area contributed by atoms with Crippen LogP contribution in [0.5, 0.6) is 0 Å². The average molecular weight is 498 g/mol. The first-order valence-corrected chi connectivity index (χ1v) is 13.2. The number of carbonyl (C=O) groups excluding carboxylic acids is 3. The zero-order valence-corrected chi connectivity index (χ0v) is 21.7. The van der Waals surface area contributed by atoms with E-state index >= 15 is 0 Å². The van der Waals surface area contributed by atoms with Gasteiger partial charge in [-0.15, -0.1) is 0 Å². The summed E-state index contributed by atoms with van der Waals surface area (Å²) in [6, 6.07) is 8.39. The summed E-state index contributed by atoms with van der Waals surface area (Å²) in [5, 5.41) is 3.60. The van der Waals surface area contributed by atoms with Gasteiger partial charge in [-0.25, -0.2) is 9.97 Å². The third-order valence-electron chi connectivity index (χ3n) is 6.07. The summed E-state index contributed by atoms with van der Waals surface area (Å²) in [4.78, 5) is 46.7. The SMILES string of the molecule is Cc1cc(C)nc(SCc2ccc(C(=O)NNC(=O)C(NC(=O)C3CCCCC3)C(C)C)cc2)n1. The summed E-state index contributed by atoms with van der Waals surface area (Å²) in [5.74, 6) is -0.402. The Kier molecular flexibility index (Phi) is 9.65. The summed E-state index contributed by atoms with van der Waals surface area (Å²) in [7, 11) is 0. The maximum atomic E-state index is 12.7. The summed E-state index contributed by atoms with van der Waals surface area (Å²) < 4.78 is 0. The molecule has 0 saturated heterocycles. The van der Waals surface area contributed by atoms with Crippen molar-refractivity contribution in [2.45, 2.75) is 76.8 Å². The number of amides is 3. The van der Waals surface area contributed by atoms with Crippen molar-refractivity contribution in [1.29, 1.82) is 0 Å². The molecule has 35 heavy (non-hydrogen) atoms. The van der Waals surface area contributed by atoms with Gasteiger partial charge in [0, 0.05) is 28.6 Å². The fourth-order valence-electron chi connectivity index (χ4n) is 4.10. The Hall–Kier alpha value is -2.94. The van der Waals surface area contributed by atoms with Gasteiger partial charge in [-0.1, -0.05) is 57.0 Å². The lowest BCUT2D eigenvalue weighted by Crippen LogP contribution is -2.55. The van der Waals surface area contributed by atoms with Crippen molar-refractivity contribution < 1.29 is 14.4 Å². The van der Waals surface area contributed by atoms with Crippen LogP contribution in [0, 0.1) is 25.7 Å². The van der Waals surface area contributed by atoms with Crippen LogP contribution in [-0.4, -0.2) is 33.7 Å². The van der Waals surface area contributed by atoms with Crippen LogP contribution in [0.4, 0.5) is 0 Å². The first kappa shape index (κ1) is 26.7. The molecule has 188 valence electrons. The Morgan fingerprint density at radius 2 is 1.60 bits per heavy atom. The van der Waals surface area contributed by atoms with Crippen LogP contribution in [0.3, 0.4) is 0 Å². The van der Waals surface area contributed by atoms with Gasteiger partial charge in [0.05, 0.1) is 0 Å². The van der Waals surface area contributed by atoms with Crippen molar-refractivity contribution >= 4 is 29.5 Å². The van der Waals surface area contributed by atoms with Crippen molar-refractivity contribution in [1.82, 2.24) is 26.1 Å². The third-order valence-corrected chi connectivity index (χ3v) is 6.99. The van der Waals surface area contributed by atoms with Crippen molar-refractivity contribution in [2.75, 3.05) is 0 Å². The molecule has 3 N–H and O–H groups in total. The van der Waals surface area contributed by atoms with Gasteiger partial charge in [0.25, 0.3) is 11.8 Å². The van der Waals surface area contributed by atoms with Crippen LogP contribution < -0.4 is 16.2 Å². The highest BCUT2D eigenvalue weighted by molar-refractivity contribution is 7.98. The first-order valence-electron chi connectivity index (χ1n) is 12.2. The van der Waals surface area contributed by atoms with Crippen LogP contribution in [0.2, 0.25) is 0 Å². The molecule has 1 aliphatic carbocycles. The quantitative estimate of drug-likeness (QED) is 0.290. The monoisotopic (exact) mass is 497 g/mol. The fraction of sp³-hybridized carbons (Fsp3) is 0.500. The summed E-state index contributed by atoms with van der Waals surface area (Å²) >= 11 is 1.54. The molecule has 1 unspecified atom stereocenters. The number of aromatic nitrogens is 2. The van der Waals surface area contributed by atoms with Gasteiger partial charge in [-0.3, -0.25) is 25.2 Å². The lowest BCUT2D eigenvalue weighted by molar-refractivity contribution is -0.133. The number of hydrogen-bond acceptors (Lipinski definition) is 6. The van der Waals surface area contributed by atoms with E-state index in [-0.39, 0.29) is 17.7 Å². The van der Waals surface area contributed by atoms with E-state index in [1.165, 1.54) is 11.8 Å². The number of benzene rings is 1. The van der Waals surface area contributed by atoms with E-state index in [1.807, 2.05) is 45.9 Å². The van der Waals surface area contributed by atoms with Gasteiger partial charge in [0.15, 0.2) is 5.16 Å². The van der Waals surface area contributed by atoms with E-state index < -0.39 is 17.9 Å². The van der Waals surface area contributed by atoms with E-state index in [1.54, 1.807) is 12.1 Å². The number of thioether (sulfide) groups is 1. The molecule has 2 aromatic rings. The lowest BCUT2D eigenvalue weighted by Gasteiger charge is -2.26. The molecule has 3 rings (SSSR count). The largest absolute Gasteiger partial charge is 0.344 e. The molecule has 8 nitrogen and oxygen atoms in total. The van der Waals surface area contributed by atoms with Crippen LogP contribution in [0.1, 0.15) is 73.3 Å². The molecule has 0 bridgehead atoms. The zero-order valence-electron chi connectivity index (χ0n) is 20.9. The van der Waals surface area contributed by atoms with Crippen molar-refractivity contribution in [3.05, 3.63) is 52.8 Å². The van der Waals surface area contributed by atoms with E-state index in [0.29, 0.717) is 11.3 Å². The van der Waals surface area contributed by atoms with E-state index in [9.17, 15) is 14.4 Å². The minimum absolute atomic E-state index is 0.0365. The maximum absolute atomic E-state index is 12.7. The number of hydrogen-bond donors (Lipinski definition) is 3. The van der Waals surface area contributed by atoms with Gasteiger partial charge in [0.1, 0.15) is 6.04 Å². The molecular weight excluding hydrogens is 462 g/mol. The zero-order chi connectivity index (χ0) is 25.4. The highest BCUT2D eigenvalue weighted by atomic mass is 32.2. The van der Waals surface area contributed by atoms with Gasteiger partial charge in [-0.05, 0) is 56.4 Å². The van der Waals surface area contributed by atoms with Gasteiger partial charge in [-0.2, -0.15) is 0 Å². The molecule has 1 aromatic heterocycles. The lowest BCUT2D eigenvalue weighted by atomic mass is 9.88. The molecule has 1 aliphatic rings. The number of hydrazine groups is 1. The minimum Gasteiger partial charge on any atom is -0.344 e. The molecule has 1 heterocycles. The second-order valence-corrected chi connectivity index (χ2v) is 10.4. The van der Waals surface area contributed by atoms with Crippen LogP contribution in [0.25, 0.3) is 0 Å². The third kappa shape index (κ3) is 8.06. The molecule has 1 aromatic carbocycles. The number of nitrogens with zero attached hydrogens (tertiary/aromatic N) is 2. The maximum Gasteiger partial charge on any atom is 0.269 e. The Bertz CT molecular complexity index is 1020. The molecule has 0 spiro atoms. The fourth-order valence-corrected chi connectivity index (χ4v) is 5.00. The Balaban J connectivity index is 1.49. The molecule has 1 atom stereocenters. The number of rotatable bonds is 8. The van der Waals surface area contributed by atoms with Gasteiger partial charge in [0.2, 0.25) is 5.91 Å². The number of nitrogens with one attached hydrogen (secondary N) is 3.